The van der Waals surface area contributed by atoms with Gasteiger partial charge in [-0.25, -0.2) is 0 Å². The Morgan fingerprint density at radius 3 is 2.74 bits per heavy atom. The maximum atomic E-state index is 12.2. The van der Waals surface area contributed by atoms with E-state index in [0.717, 1.165) is 0 Å². The van der Waals surface area contributed by atoms with Gasteiger partial charge in [0.2, 0.25) is 5.91 Å². The maximum absolute atomic E-state index is 12.2. The fourth-order valence-electron chi connectivity index (χ4n) is 2.07. The van der Waals surface area contributed by atoms with Gasteiger partial charge in [-0.15, -0.1) is 12.3 Å². The van der Waals surface area contributed by atoms with Crippen molar-refractivity contribution in [3.05, 3.63) is 34.9 Å². The molecule has 1 amide bonds. The molecule has 0 radical (unpaired) electrons. The summed E-state index contributed by atoms with van der Waals surface area (Å²) >= 11 is 6.17. The molecule has 0 aromatic heterocycles. The van der Waals surface area contributed by atoms with Gasteiger partial charge in [0.1, 0.15) is 0 Å². The lowest BCUT2D eigenvalue weighted by molar-refractivity contribution is -0.141. The lowest BCUT2D eigenvalue weighted by Crippen LogP contribution is -2.38. The Morgan fingerprint density at radius 2 is 2.13 bits per heavy atom. The molecule has 1 unspecified atom stereocenters. The van der Waals surface area contributed by atoms with Crippen LogP contribution in [0.25, 0.3) is 0 Å². The highest BCUT2D eigenvalue weighted by Crippen LogP contribution is 2.25. The average molecular weight is 337 g/mol. The van der Waals surface area contributed by atoms with Gasteiger partial charge in [-0.2, -0.15) is 0 Å². The summed E-state index contributed by atoms with van der Waals surface area (Å²) in [5.74, 6) is 1.90. The summed E-state index contributed by atoms with van der Waals surface area (Å²) in [7, 11) is 3.11. The maximum Gasteiger partial charge on any atom is 0.307 e. The van der Waals surface area contributed by atoms with Crippen molar-refractivity contribution in [1.29, 1.82) is 0 Å². The van der Waals surface area contributed by atoms with Crippen molar-refractivity contribution in [2.75, 3.05) is 27.2 Å². The van der Waals surface area contributed by atoms with Gasteiger partial charge in [-0.1, -0.05) is 29.8 Å². The third kappa shape index (κ3) is 6.72. The molecule has 1 N–H and O–H groups in total. The normalized spacial score (nSPS) is 11.6. The summed E-state index contributed by atoms with van der Waals surface area (Å²) in [6.45, 7) is 0.807. The molecule has 1 aromatic rings. The number of likely N-dealkylation sites (N-methyl/N-ethyl adjacent to an activating group) is 1. The van der Waals surface area contributed by atoms with Crippen LogP contribution in [0.1, 0.15) is 24.4 Å². The van der Waals surface area contributed by atoms with Crippen molar-refractivity contribution in [2.45, 2.75) is 18.9 Å². The highest BCUT2D eigenvalue weighted by Gasteiger charge is 2.21. The quantitative estimate of drug-likeness (QED) is 0.583. The predicted octanol–water partition coefficient (Wildman–Crippen LogP) is 2.02. The number of methoxy groups -OCH3 is 1. The smallest absolute Gasteiger partial charge is 0.307 e. The van der Waals surface area contributed by atoms with Gasteiger partial charge < -0.3 is 10.1 Å². The first-order chi connectivity index (χ1) is 11.0. The van der Waals surface area contributed by atoms with E-state index in [0.29, 0.717) is 23.6 Å². The monoisotopic (exact) mass is 336 g/mol. The van der Waals surface area contributed by atoms with Crippen LogP contribution in [0.15, 0.2) is 24.3 Å². The lowest BCUT2D eigenvalue weighted by atomic mass is 10.0. The Morgan fingerprint density at radius 1 is 1.43 bits per heavy atom. The fraction of sp³-hybridized carbons (Fsp3) is 0.412. The van der Waals surface area contributed by atoms with Gasteiger partial charge in [-0.3, -0.25) is 14.5 Å². The highest BCUT2D eigenvalue weighted by atomic mass is 35.5. The number of rotatable bonds is 8. The minimum Gasteiger partial charge on any atom is -0.469 e. The van der Waals surface area contributed by atoms with Crippen LogP contribution in [0, 0.1) is 12.3 Å². The number of carbonyl (C=O) groups excluding carboxylic acids is 2. The summed E-state index contributed by atoms with van der Waals surface area (Å²) in [5.41, 5.74) is 0.680. The van der Waals surface area contributed by atoms with Crippen LogP contribution in [0.2, 0.25) is 5.02 Å². The van der Waals surface area contributed by atoms with Crippen molar-refractivity contribution in [1.82, 2.24) is 10.2 Å². The number of carbonyl (C=O) groups is 2. The van der Waals surface area contributed by atoms with E-state index < -0.39 is 12.0 Å². The number of nitrogens with zero attached hydrogens (tertiary/aromatic N) is 1. The molecule has 6 heteroatoms. The number of terminal acetylenes is 1. The van der Waals surface area contributed by atoms with E-state index in [1.807, 2.05) is 11.9 Å². The Balaban J connectivity index is 2.77. The van der Waals surface area contributed by atoms with Gasteiger partial charge >= 0.3 is 5.97 Å². The Kier molecular flexibility index (Phi) is 8.17. The number of hydrogen-bond donors (Lipinski definition) is 1. The molecule has 0 saturated carbocycles. The number of nitrogens with one attached hydrogen (secondary N) is 1. The molecule has 0 fully saturated rings. The zero-order valence-electron chi connectivity index (χ0n) is 13.3. The first-order valence-electron chi connectivity index (χ1n) is 7.20. The van der Waals surface area contributed by atoms with Gasteiger partial charge in [0.15, 0.2) is 0 Å². The number of benzene rings is 1. The van der Waals surface area contributed by atoms with E-state index >= 15 is 0 Å². The van der Waals surface area contributed by atoms with Crippen LogP contribution in [-0.2, 0) is 14.3 Å². The van der Waals surface area contributed by atoms with Gasteiger partial charge in [-0.05, 0) is 18.7 Å². The number of amides is 1. The summed E-state index contributed by atoms with van der Waals surface area (Å²) < 4.78 is 4.69. The van der Waals surface area contributed by atoms with Crippen LogP contribution >= 0.6 is 11.6 Å². The van der Waals surface area contributed by atoms with Crippen molar-refractivity contribution in [3.63, 3.8) is 0 Å². The molecule has 124 valence electrons. The topological polar surface area (TPSA) is 58.6 Å². The molecule has 0 saturated heterocycles. The van der Waals surface area contributed by atoms with E-state index in [4.69, 9.17) is 22.8 Å². The molecule has 1 aromatic carbocycles. The Labute approximate surface area is 141 Å². The number of hydrogen-bond acceptors (Lipinski definition) is 4. The SMILES string of the molecule is C#CCCN(C)CC(=O)NC(CC(=O)OC)c1ccccc1Cl. The summed E-state index contributed by atoms with van der Waals surface area (Å²) in [6, 6.07) is 6.54. The molecular formula is C17H21ClN2O3. The zero-order chi connectivity index (χ0) is 17.2. The number of ether oxygens (including phenoxy) is 1. The molecule has 1 atom stereocenters. The average Bonchev–Trinajstić information content (AvgIpc) is 2.52. The van der Waals surface area contributed by atoms with Crippen molar-refractivity contribution in [2.24, 2.45) is 0 Å². The third-order valence-electron chi connectivity index (χ3n) is 3.27. The molecule has 0 spiro atoms. The second-order valence-electron chi connectivity index (χ2n) is 5.11. The van der Waals surface area contributed by atoms with Gasteiger partial charge in [0, 0.05) is 18.0 Å². The minimum atomic E-state index is -0.537. The van der Waals surface area contributed by atoms with E-state index in [-0.39, 0.29) is 18.9 Å². The molecule has 0 heterocycles. The second-order valence-corrected chi connectivity index (χ2v) is 5.52. The van der Waals surface area contributed by atoms with E-state index in [9.17, 15) is 9.59 Å². The molecule has 1 rings (SSSR count). The molecule has 23 heavy (non-hydrogen) atoms. The van der Waals surface area contributed by atoms with E-state index in [2.05, 4.69) is 11.2 Å². The van der Waals surface area contributed by atoms with Crippen molar-refractivity contribution >= 4 is 23.5 Å². The third-order valence-corrected chi connectivity index (χ3v) is 3.61. The largest absolute Gasteiger partial charge is 0.469 e. The summed E-state index contributed by atoms with van der Waals surface area (Å²) in [4.78, 5) is 25.6. The molecule has 0 aliphatic carbocycles. The summed E-state index contributed by atoms with van der Waals surface area (Å²) in [5, 5.41) is 3.32. The van der Waals surface area contributed by atoms with Crippen LogP contribution in [0.3, 0.4) is 0 Å². The van der Waals surface area contributed by atoms with Crippen LogP contribution in [-0.4, -0.2) is 44.0 Å². The fourth-order valence-corrected chi connectivity index (χ4v) is 2.33. The Bertz CT molecular complexity index is 583. The van der Waals surface area contributed by atoms with Gasteiger partial charge in [0.25, 0.3) is 0 Å². The second kappa shape index (κ2) is 9.88. The van der Waals surface area contributed by atoms with Crippen molar-refractivity contribution < 1.29 is 14.3 Å². The highest BCUT2D eigenvalue weighted by molar-refractivity contribution is 6.31. The first-order valence-corrected chi connectivity index (χ1v) is 7.58. The number of halogens is 1. The molecule has 0 aliphatic heterocycles. The summed E-state index contributed by atoms with van der Waals surface area (Å²) in [6.07, 6.45) is 5.79. The molecular weight excluding hydrogens is 316 g/mol. The minimum absolute atomic E-state index is 0.0139. The lowest BCUT2D eigenvalue weighted by Gasteiger charge is -2.21. The molecule has 0 aliphatic rings. The van der Waals surface area contributed by atoms with Crippen molar-refractivity contribution in [3.8, 4) is 12.3 Å². The van der Waals surface area contributed by atoms with E-state index in [1.54, 1.807) is 24.3 Å². The van der Waals surface area contributed by atoms with E-state index in [1.165, 1.54) is 7.11 Å². The standard InChI is InChI=1S/C17H21ClN2O3/c1-4-5-10-20(2)12-16(21)19-15(11-17(22)23-3)13-8-6-7-9-14(13)18/h1,6-9,15H,5,10-12H2,2-3H3,(H,19,21). The van der Waals surface area contributed by atoms with Crippen LogP contribution in [0.4, 0.5) is 0 Å². The predicted molar refractivity (Wildman–Crippen MR) is 89.9 cm³/mol. The van der Waals surface area contributed by atoms with Crippen LogP contribution in [0.5, 0.6) is 0 Å². The first kappa shape index (κ1) is 19.0. The Hall–Kier alpha value is -2.03. The zero-order valence-corrected chi connectivity index (χ0v) is 14.1. The van der Waals surface area contributed by atoms with Crippen LogP contribution < -0.4 is 5.32 Å². The molecule has 5 nitrogen and oxygen atoms in total. The number of esters is 1. The molecule has 0 bridgehead atoms. The van der Waals surface area contributed by atoms with Gasteiger partial charge in [0.05, 0.1) is 26.1 Å².